The first-order valence-electron chi connectivity index (χ1n) is 13.7. The maximum Gasteiger partial charge on any atom is 0.352 e. The predicted octanol–water partition coefficient (Wildman–Crippen LogP) is 3.86. The number of esters is 4. The van der Waals surface area contributed by atoms with E-state index in [4.69, 9.17) is 9.47 Å². The van der Waals surface area contributed by atoms with Crippen LogP contribution in [0.1, 0.15) is 111 Å². The van der Waals surface area contributed by atoms with Gasteiger partial charge in [0.2, 0.25) is 12.2 Å². The lowest BCUT2D eigenvalue weighted by Gasteiger charge is -2.24. The fourth-order valence-corrected chi connectivity index (χ4v) is 3.73. The van der Waals surface area contributed by atoms with E-state index >= 15 is 0 Å². The largest absolute Gasteiger partial charge is 0.478 e. The number of carbonyl (C=O) groups is 5. The lowest BCUT2D eigenvalue weighted by Crippen LogP contribution is -2.47. The third-order valence-electron chi connectivity index (χ3n) is 5.74. The fraction of sp³-hybridized carbons (Fsp3) is 0.815. The van der Waals surface area contributed by atoms with Gasteiger partial charge in [0.25, 0.3) is 0 Å². The van der Waals surface area contributed by atoms with Crippen LogP contribution in [-0.2, 0) is 42.9 Å². The number of aliphatic carboxylic acids is 1. The number of carboxylic acid groups (broad SMARTS) is 1. The fourth-order valence-electron chi connectivity index (χ4n) is 3.73. The number of aliphatic hydroxyl groups is 1. The van der Waals surface area contributed by atoms with Gasteiger partial charge in [-0.15, -0.1) is 0 Å². The number of carboxylic acids is 1. The van der Waals surface area contributed by atoms with Crippen molar-refractivity contribution in [2.45, 2.75) is 129 Å². The zero-order chi connectivity index (χ0) is 28.8. The number of aliphatic hydroxyl groups excluding tert-OH is 1. The second-order valence-electron chi connectivity index (χ2n) is 9.32. The Kier molecular flexibility index (Phi) is 20.7. The Labute approximate surface area is 225 Å². The minimum Gasteiger partial charge on any atom is -0.478 e. The van der Waals surface area contributed by atoms with Gasteiger partial charge < -0.3 is 29.2 Å². The first-order chi connectivity index (χ1) is 18.1. The molecule has 0 fully saturated rings. The summed E-state index contributed by atoms with van der Waals surface area (Å²) in [5.74, 6) is -5.69. The van der Waals surface area contributed by atoms with Crippen LogP contribution in [0, 0.1) is 0 Å². The number of hydrogen-bond donors (Lipinski definition) is 2. The second-order valence-corrected chi connectivity index (χ2v) is 9.32. The van der Waals surface area contributed by atoms with E-state index in [2.05, 4.69) is 16.4 Å². The molecule has 0 rings (SSSR count). The van der Waals surface area contributed by atoms with Gasteiger partial charge in [-0.3, -0.25) is 14.4 Å². The molecule has 0 aliphatic rings. The number of hydrogen-bond acceptors (Lipinski definition) is 10. The van der Waals surface area contributed by atoms with Crippen molar-refractivity contribution in [2.75, 3.05) is 13.2 Å². The molecule has 0 aromatic heterocycles. The number of unbranched alkanes of at least 4 members (excludes halogenated alkanes) is 12. The van der Waals surface area contributed by atoms with Crippen molar-refractivity contribution in [1.29, 1.82) is 0 Å². The SMILES string of the molecule is CCCCCCCCCCCCCCCC(=O)OCC(CO)OC(=O)C(OC(C)=O)C(OC(C)=O)C(=O)O. The summed E-state index contributed by atoms with van der Waals surface area (Å²) in [5.41, 5.74) is 0. The summed E-state index contributed by atoms with van der Waals surface area (Å²) in [6.45, 7) is 2.85. The molecule has 0 saturated heterocycles. The minimum atomic E-state index is -2.15. The van der Waals surface area contributed by atoms with Crippen LogP contribution in [-0.4, -0.2) is 71.6 Å². The summed E-state index contributed by atoms with van der Waals surface area (Å²) < 4.78 is 19.2. The van der Waals surface area contributed by atoms with Crippen LogP contribution < -0.4 is 0 Å². The average molecular weight is 547 g/mol. The third kappa shape index (κ3) is 18.5. The first-order valence-corrected chi connectivity index (χ1v) is 13.7. The number of carbonyl (C=O) groups excluding carboxylic acids is 4. The van der Waals surface area contributed by atoms with Gasteiger partial charge in [0.1, 0.15) is 6.61 Å². The molecular formula is C27H46O11. The molecule has 0 aromatic carbocycles. The Bertz CT molecular complexity index is 707. The topological polar surface area (TPSA) is 163 Å². The zero-order valence-electron chi connectivity index (χ0n) is 23.1. The Morgan fingerprint density at radius 2 is 1.11 bits per heavy atom. The van der Waals surface area contributed by atoms with Gasteiger partial charge in [0, 0.05) is 20.3 Å². The van der Waals surface area contributed by atoms with Crippen molar-refractivity contribution in [1.82, 2.24) is 0 Å². The maximum absolute atomic E-state index is 12.4. The van der Waals surface area contributed by atoms with Crippen LogP contribution >= 0.6 is 0 Å². The van der Waals surface area contributed by atoms with Gasteiger partial charge in [-0.1, -0.05) is 84.0 Å². The van der Waals surface area contributed by atoms with Crippen LogP contribution in [0.5, 0.6) is 0 Å². The van der Waals surface area contributed by atoms with Crippen LogP contribution in [0.25, 0.3) is 0 Å². The van der Waals surface area contributed by atoms with Gasteiger partial charge in [-0.25, -0.2) is 9.59 Å². The molecule has 0 amide bonds. The Morgan fingerprint density at radius 1 is 0.658 bits per heavy atom. The molecule has 0 aliphatic carbocycles. The van der Waals surface area contributed by atoms with E-state index in [-0.39, 0.29) is 6.42 Å². The highest BCUT2D eigenvalue weighted by Gasteiger charge is 2.41. The molecule has 0 aliphatic heterocycles. The normalized spacial score (nSPS) is 13.2. The molecule has 0 heterocycles. The highest BCUT2D eigenvalue weighted by molar-refractivity contribution is 5.88. The van der Waals surface area contributed by atoms with E-state index < -0.39 is 61.4 Å². The Hall–Kier alpha value is -2.69. The summed E-state index contributed by atoms with van der Waals surface area (Å²) in [6.07, 6.45) is 9.89. The Morgan fingerprint density at radius 3 is 1.53 bits per heavy atom. The van der Waals surface area contributed by atoms with Gasteiger partial charge in [0.15, 0.2) is 6.10 Å². The molecule has 3 unspecified atom stereocenters. The summed E-state index contributed by atoms with van der Waals surface area (Å²) >= 11 is 0. The second kappa shape index (κ2) is 22.3. The molecule has 0 spiro atoms. The summed E-state index contributed by atoms with van der Waals surface area (Å²) in [6, 6.07) is 0. The molecule has 11 heteroatoms. The van der Waals surface area contributed by atoms with E-state index in [1.54, 1.807) is 0 Å². The summed E-state index contributed by atoms with van der Waals surface area (Å²) in [4.78, 5) is 58.3. The maximum atomic E-state index is 12.4. The molecular weight excluding hydrogens is 500 g/mol. The molecule has 11 nitrogen and oxygen atoms in total. The van der Waals surface area contributed by atoms with Crippen molar-refractivity contribution in [3.63, 3.8) is 0 Å². The molecule has 0 saturated carbocycles. The van der Waals surface area contributed by atoms with Crippen LogP contribution in [0.15, 0.2) is 0 Å². The highest BCUT2D eigenvalue weighted by atomic mass is 16.6. The van der Waals surface area contributed by atoms with Crippen LogP contribution in [0.3, 0.4) is 0 Å². The highest BCUT2D eigenvalue weighted by Crippen LogP contribution is 2.14. The van der Waals surface area contributed by atoms with Crippen molar-refractivity contribution in [3.05, 3.63) is 0 Å². The van der Waals surface area contributed by atoms with Crippen LogP contribution in [0.2, 0.25) is 0 Å². The average Bonchev–Trinajstić information content (AvgIpc) is 2.86. The zero-order valence-corrected chi connectivity index (χ0v) is 23.1. The standard InChI is InChI=1S/C27H46O11/c1-4-5-6-7-8-9-10-11-12-13-14-15-16-17-23(31)35-19-22(18-28)38-27(34)25(37-21(3)30)24(26(32)33)36-20(2)29/h22,24-25,28H,4-19H2,1-3H3,(H,32,33). The van der Waals surface area contributed by atoms with E-state index in [1.165, 1.54) is 57.8 Å². The molecule has 3 atom stereocenters. The molecule has 2 N–H and O–H groups in total. The molecule has 0 bridgehead atoms. The van der Waals surface area contributed by atoms with Crippen molar-refractivity contribution >= 4 is 29.8 Å². The summed E-state index contributed by atoms with van der Waals surface area (Å²) in [5, 5.41) is 18.7. The third-order valence-corrected chi connectivity index (χ3v) is 5.74. The monoisotopic (exact) mass is 546 g/mol. The van der Waals surface area contributed by atoms with Gasteiger partial charge in [-0.2, -0.15) is 0 Å². The van der Waals surface area contributed by atoms with E-state index in [1.807, 2.05) is 0 Å². The van der Waals surface area contributed by atoms with Crippen molar-refractivity contribution < 1.29 is 53.1 Å². The van der Waals surface area contributed by atoms with Crippen LogP contribution in [0.4, 0.5) is 0 Å². The predicted molar refractivity (Wildman–Crippen MR) is 137 cm³/mol. The minimum absolute atomic E-state index is 0.174. The lowest BCUT2D eigenvalue weighted by molar-refractivity contribution is -0.193. The molecule has 38 heavy (non-hydrogen) atoms. The van der Waals surface area contributed by atoms with Crippen molar-refractivity contribution in [3.8, 4) is 0 Å². The molecule has 0 aromatic rings. The van der Waals surface area contributed by atoms with Crippen molar-refractivity contribution in [2.24, 2.45) is 0 Å². The first kappa shape index (κ1) is 35.3. The Balaban J connectivity index is 4.26. The van der Waals surface area contributed by atoms with Gasteiger partial charge in [-0.05, 0) is 6.42 Å². The number of ether oxygens (including phenoxy) is 4. The lowest BCUT2D eigenvalue weighted by atomic mass is 10.0. The van der Waals surface area contributed by atoms with Gasteiger partial charge >= 0.3 is 29.8 Å². The van der Waals surface area contributed by atoms with E-state index in [9.17, 15) is 34.2 Å². The molecule has 0 radical (unpaired) electrons. The molecule has 220 valence electrons. The summed E-state index contributed by atoms with van der Waals surface area (Å²) in [7, 11) is 0. The smallest absolute Gasteiger partial charge is 0.352 e. The van der Waals surface area contributed by atoms with E-state index in [0.717, 1.165) is 33.1 Å². The number of rotatable bonds is 23. The quantitative estimate of drug-likeness (QED) is 0.109. The van der Waals surface area contributed by atoms with Gasteiger partial charge in [0.05, 0.1) is 6.61 Å². The van der Waals surface area contributed by atoms with E-state index in [0.29, 0.717) is 6.42 Å².